The Morgan fingerprint density at radius 2 is 2.00 bits per heavy atom. The standard InChI is InChI=1S/C19H23N7O/c1-15-20-9-5-17(22-15)14-24-11-6-16(7-12-24)13-26-19(27)4-3-18(23-26)25-10-2-8-21-25/h2-5,8-10,16H,6-7,11-14H2,1H3. The summed E-state index contributed by atoms with van der Waals surface area (Å²) in [5.41, 5.74) is 0.996. The smallest absolute Gasteiger partial charge is 0.266 e. The number of likely N-dealkylation sites (tertiary alicyclic amines) is 1. The molecule has 4 rings (SSSR count). The zero-order valence-corrected chi connectivity index (χ0v) is 15.4. The van der Waals surface area contributed by atoms with Crippen molar-refractivity contribution >= 4 is 0 Å². The topological polar surface area (TPSA) is 81.7 Å². The molecule has 0 bridgehead atoms. The van der Waals surface area contributed by atoms with E-state index in [1.54, 1.807) is 27.7 Å². The highest BCUT2D eigenvalue weighted by Crippen LogP contribution is 2.19. The van der Waals surface area contributed by atoms with E-state index >= 15 is 0 Å². The van der Waals surface area contributed by atoms with Gasteiger partial charge in [0.05, 0.1) is 5.69 Å². The first-order valence-corrected chi connectivity index (χ1v) is 9.26. The zero-order chi connectivity index (χ0) is 18.6. The Balaban J connectivity index is 1.37. The average molecular weight is 365 g/mol. The molecule has 1 saturated heterocycles. The van der Waals surface area contributed by atoms with Crippen molar-refractivity contribution in [2.45, 2.75) is 32.9 Å². The van der Waals surface area contributed by atoms with E-state index in [0.29, 0.717) is 18.3 Å². The summed E-state index contributed by atoms with van der Waals surface area (Å²) in [6, 6.07) is 7.09. The van der Waals surface area contributed by atoms with Crippen LogP contribution in [0.2, 0.25) is 0 Å². The van der Waals surface area contributed by atoms with Gasteiger partial charge in [0.1, 0.15) is 5.82 Å². The van der Waals surface area contributed by atoms with E-state index in [4.69, 9.17) is 0 Å². The Kier molecular flexibility index (Phi) is 5.06. The summed E-state index contributed by atoms with van der Waals surface area (Å²) in [4.78, 5) is 23.2. The Morgan fingerprint density at radius 1 is 1.15 bits per heavy atom. The molecule has 3 aromatic rings. The highest BCUT2D eigenvalue weighted by atomic mass is 16.1. The minimum atomic E-state index is -0.0650. The van der Waals surface area contributed by atoms with Gasteiger partial charge in [0, 0.05) is 37.7 Å². The number of nitrogens with zero attached hydrogens (tertiary/aromatic N) is 7. The largest absolute Gasteiger partial charge is 0.297 e. The predicted octanol–water partition coefficient (Wildman–Crippen LogP) is 1.44. The summed E-state index contributed by atoms with van der Waals surface area (Å²) in [5, 5.41) is 8.66. The van der Waals surface area contributed by atoms with Gasteiger partial charge in [0.2, 0.25) is 0 Å². The molecule has 1 aliphatic rings. The van der Waals surface area contributed by atoms with Crippen LogP contribution in [0.3, 0.4) is 0 Å². The first kappa shape index (κ1) is 17.5. The minimum Gasteiger partial charge on any atom is -0.297 e. The SMILES string of the molecule is Cc1nccc(CN2CCC(Cn3nc(-n4cccn4)ccc3=O)CC2)n1. The highest BCUT2D eigenvalue weighted by Gasteiger charge is 2.21. The van der Waals surface area contributed by atoms with E-state index in [1.165, 1.54) is 0 Å². The van der Waals surface area contributed by atoms with E-state index < -0.39 is 0 Å². The number of rotatable bonds is 5. The highest BCUT2D eigenvalue weighted by molar-refractivity contribution is 5.17. The molecule has 0 spiro atoms. The van der Waals surface area contributed by atoms with Crippen LogP contribution in [0.15, 0.2) is 47.7 Å². The van der Waals surface area contributed by atoms with Crippen molar-refractivity contribution < 1.29 is 0 Å². The lowest BCUT2D eigenvalue weighted by atomic mass is 9.96. The number of hydrogen-bond donors (Lipinski definition) is 0. The van der Waals surface area contributed by atoms with Crippen LogP contribution < -0.4 is 5.56 Å². The predicted molar refractivity (Wildman–Crippen MR) is 100 cm³/mol. The molecule has 0 aliphatic carbocycles. The minimum absolute atomic E-state index is 0.0650. The maximum absolute atomic E-state index is 12.2. The van der Waals surface area contributed by atoms with E-state index in [9.17, 15) is 4.79 Å². The summed E-state index contributed by atoms with van der Waals surface area (Å²) >= 11 is 0. The molecular weight excluding hydrogens is 342 g/mol. The Bertz CT molecular complexity index is 943. The van der Waals surface area contributed by atoms with Gasteiger partial charge in [-0.2, -0.15) is 5.10 Å². The first-order valence-electron chi connectivity index (χ1n) is 9.26. The summed E-state index contributed by atoms with van der Waals surface area (Å²) in [6.45, 7) is 5.41. The number of hydrogen-bond acceptors (Lipinski definition) is 6. The fraction of sp³-hybridized carbons (Fsp3) is 0.421. The molecule has 0 saturated carbocycles. The summed E-state index contributed by atoms with van der Waals surface area (Å²) in [6.07, 6.45) is 7.43. The van der Waals surface area contributed by atoms with Crippen LogP contribution >= 0.6 is 0 Å². The third-order valence-electron chi connectivity index (χ3n) is 4.95. The lowest BCUT2D eigenvalue weighted by Gasteiger charge is -2.31. The van der Waals surface area contributed by atoms with Crippen molar-refractivity contribution in [1.29, 1.82) is 0 Å². The summed E-state index contributed by atoms with van der Waals surface area (Å²) < 4.78 is 3.24. The molecule has 1 fully saturated rings. The molecule has 0 amide bonds. The monoisotopic (exact) mass is 365 g/mol. The van der Waals surface area contributed by atoms with Gasteiger partial charge in [-0.15, -0.1) is 5.10 Å². The molecule has 0 N–H and O–H groups in total. The second-order valence-electron chi connectivity index (χ2n) is 6.98. The van der Waals surface area contributed by atoms with Crippen molar-refractivity contribution in [3.05, 3.63) is 64.7 Å². The molecule has 0 unspecified atom stereocenters. The summed E-state index contributed by atoms with van der Waals surface area (Å²) in [5.74, 6) is 1.92. The van der Waals surface area contributed by atoms with Gasteiger partial charge in [-0.05, 0) is 57.0 Å². The Hall–Kier alpha value is -2.87. The van der Waals surface area contributed by atoms with Crippen molar-refractivity contribution in [2.24, 2.45) is 5.92 Å². The van der Waals surface area contributed by atoms with Crippen molar-refractivity contribution in [2.75, 3.05) is 13.1 Å². The first-order chi connectivity index (χ1) is 13.2. The number of piperidine rings is 1. The lowest BCUT2D eigenvalue weighted by molar-refractivity contribution is 0.162. The van der Waals surface area contributed by atoms with E-state index in [-0.39, 0.29) is 5.56 Å². The van der Waals surface area contributed by atoms with Gasteiger partial charge in [-0.1, -0.05) is 0 Å². The van der Waals surface area contributed by atoms with Crippen molar-refractivity contribution in [1.82, 2.24) is 34.4 Å². The van der Waals surface area contributed by atoms with Crippen LogP contribution in [0.5, 0.6) is 0 Å². The van der Waals surface area contributed by atoms with Gasteiger partial charge < -0.3 is 0 Å². The van der Waals surface area contributed by atoms with Crippen LogP contribution in [-0.4, -0.2) is 47.5 Å². The molecule has 0 atom stereocenters. The normalized spacial score (nSPS) is 15.9. The molecule has 8 nitrogen and oxygen atoms in total. The fourth-order valence-electron chi connectivity index (χ4n) is 3.49. The number of aryl methyl sites for hydroxylation is 1. The van der Waals surface area contributed by atoms with E-state index in [1.807, 2.05) is 31.5 Å². The van der Waals surface area contributed by atoms with Crippen LogP contribution in [0.4, 0.5) is 0 Å². The maximum Gasteiger partial charge on any atom is 0.266 e. The van der Waals surface area contributed by atoms with Gasteiger partial charge in [0.15, 0.2) is 5.82 Å². The van der Waals surface area contributed by atoms with Crippen molar-refractivity contribution in [3.63, 3.8) is 0 Å². The average Bonchev–Trinajstić information content (AvgIpc) is 3.20. The van der Waals surface area contributed by atoms with E-state index in [0.717, 1.165) is 44.0 Å². The third-order valence-corrected chi connectivity index (χ3v) is 4.95. The van der Waals surface area contributed by atoms with Crippen LogP contribution in [0.1, 0.15) is 24.4 Å². The second kappa shape index (κ2) is 7.79. The molecule has 3 aromatic heterocycles. The van der Waals surface area contributed by atoms with Gasteiger partial charge in [-0.25, -0.2) is 19.3 Å². The lowest BCUT2D eigenvalue weighted by Crippen LogP contribution is -2.36. The van der Waals surface area contributed by atoms with Gasteiger partial charge >= 0.3 is 0 Å². The molecule has 8 heteroatoms. The molecular formula is C19H23N7O. The zero-order valence-electron chi connectivity index (χ0n) is 15.4. The van der Waals surface area contributed by atoms with Crippen LogP contribution in [0.25, 0.3) is 5.82 Å². The molecule has 140 valence electrons. The van der Waals surface area contributed by atoms with E-state index in [2.05, 4.69) is 25.1 Å². The van der Waals surface area contributed by atoms with Crippen LogP contribution in [-0.2, 0) is 13.1 Å². The molecule has 1 aliphatic heterocycles. The second-order valence-corrected chi connectivity index (χ2v) is 6.98. The Morgan fingerprint density at radius 3 is 2.74 bits per heavy atom. The molecule has 0 aromatic carbocycles. The quantitative estimate of drug-likeness (QED) is 0.680. The Labute approximate surface area is 157 Å². The van der Waals surface area contributed by atoms with Crippen molar-refractivity contribution in [3.8, 4) is 5.82 Å². The van der Waals surface area contributed by atoms with Crippen LogP contribution in [0, 0.1) is 12.8 Å². The molecule has 27 heavy (non-hydrogen) atoms. The van der Waals surface area contributed by atoms with Gasteiger partial charge in [0.25, 0.3) is 5.56 Å². The maximum atomic E-state index is 12.2. The molecule has 4 heterocycles. The van der Waals surface area contributed by atoms with Gasteiger partial charge in [-0.3, -0.25) is 9.69 Å². The number of aromatic nitrogens is 6. The fourth-order valence-corrected chi connectivity index (χ4v) is 3.49. The summed E-state index contributed by atoms with van der Waals surface area (Å²) in [7, 11) is 0. The third kappa shape index (κ3) is 4.28. The molecule has 0 radical (unpaired) electrons.